The van der Waals surface area contributed by atoms with Gasteiger partial charge in [0.05, 0.1) is 29.3 Å². The number of anilines is 1. The molecule has 4 aromatic rings. The van der Waals surface area contributed by atoms with Gasteiger partial charge in [-0.3, -0.25) is 9.97 Å². The molecular weight excluding hydrogens is 531 g/mol. The largest absolute Gasteiger partial charge is 0.364 e. The van der Waals surface area contributed by atoms with Crippen LogP contribution in [0.15, 0.2) is 48.8 Å². The molecule has 37 heavy (non-hydrogen) atoms. The zero-order valence-electron chi connectivity index (χ0n) is 20.2. The normalized spacial score (nSPS) is 13.0. The molecule has 0 radical (unpaired) electrons. The summed E-state index contributed by atoms with van der Waals surface area (Å²) in [6, 6.07) is 11.6. The van der Waals surface area contributed by atoms with Crippen molar-refractivity contribution in [2.75, 3.05) is 5.32 Å². The van der Waals surface area contributed by atoms with E-state index < -0.39 is 0 Å². The van der Waals surface area contributed by atoms with Crippen LogP contribution >= 0.6 is 34.8 Å². The second kappa shape index (κ2) is 13.6. The Morgan fingerprint density at radius 1 is 0.703 bits per heavy atom. The molecule has 0 fully saturated rings. The summed E-state index contributed by atoms with van der Waals surface area (Å²) in [4.78, 5) is 24.7. The van der Waals surface area contributed by atoms with E-state index in [1.807, 2.05) is 36.4 Å². The van der Waals surface area contributed by atoms with Crippen LogP contribution in [0.1, 0.15) is 46.7 Å². The van der Waals surface area contributed by atoms with Gasteiger partial charge < -0.3 is 11.1 Å². The highest BCUT2D eigenvalue weighted by atomic mass is 35.5. The fourth-order valence-corrected chi connectivity index (χ4v) is 4.80. The van der Waals surface area contributed by atoms with Crippen LogP contribution in [-0.2, 0) is 38.8 Å². The van der Waals surface area contributed by atoms with Gasteiger partial charge in [0, 0.05) is 30.1 Å². The maximum atomic E-state index is 5.93. The fraction of sp³-hybridized carbons (Fsp3) is 0.308. The van der Waals surface area contributed by atoms with Crippen LogP contribution in [0.3, 0.4) is 0 Å². The van der Waals surface area contributed by atoms with Gasteiger partial charge in [0.25, 0.3) is 0 Å². The Kier molecular flexibility index (Phi) is 9.96. The molecule has 0 unspecified atom stereocenters. The van der Waals surface area contributed by atoms with Crippen molar-refractivity contribution in [1.29, 1.82) is 0 Å². The Labute approximate surface area is 231 Å². The molecular formula is C26H27Cl3N8. The first-order valence-corrected chi connectivity index (χ1v) is 13.2. The lowest BCUT2D eigenvalue weighted by Gasteiger charge is -2.09. The molecule has 6 rings (SSSR count). The summed E-state index contributed by atoms with van der Waals surface area (Å²) in [7, 11) is 0. The molecule has 0 amide bonds. The Balaban J connectivity index is 0.000000143. The zero-order valence-corrected chi connectivity index (χ0v) is 22.4. The molecule has 8 nitrogen and oxygen atoms in total. The quantitative estimate of drug-likeness (QED) is 0.252. The molecule has 0 atom stereocenters. The standard InChI is InChI=1S/C13H13ClN4.C7H6Cl2N2.C6H8N2/c14-13-17-11-6-3-5-10(11)12(18-13)16-8-9-4-1-2-7-15-9;8-6-4-2-1-3-5(4)10-7(9)11-6;7-5-6-3-1-2-4-8-6/h1-2,4,7H,3,5-6,8H2,(H,16,17,18);1-3H2;1-4H,5,7H2. The topological polar surface area (TPSA) is 115 Å². The first kappa shape index (κ1) is 27.1. The molecule has 2 aliphatic carbocycles. The lowest BCUT2D eigenvalue weighted by atomic mass is 10.2. The molecule has 0 aromatic carbocycles. The van der Waals surface area contributed by atoms with Crippen LogP contribution in [0.2, 0.25) is 15.7 Å². The van der Waals surface area contributed by atoms with Crippen molar-refractivity contribution < 1.29 is 0 Å². The first-order chi connectivity index (χ1) is 18.0. The number of pyridine rings is 2. The van der Waals surface area contributed by atoms with Gasteiger partial charge in [0.2, 0.25) is 10.6 Å². The van der Waals surface area contributed by atoms with Crippen LogP contribution in [0.4, 0.5) is 5.82 Å². The molecule has 3 N–H and O–H groups in total. The molecule has 0 saturated heterocycles. The Morgan fingerprint density at radius 3 is 1.89 bits per heavy atom. The first-order valence-electron chi connectivity index (χ1n) is 12.0. The van der Waals surface area contributed by atoms with E-state index >= 15 is 0 Å². The number of aryl methyl sites for hydroxylation is 2. The van der Waals surface area contributed by atoms with Crippen LogP contribution in [0, 0.1) is 0 Å². The van der Waals surface area contributed by atoms with E-state index in [1.165, 1.54) is 5.56 Å². The average Bonchev–Trinajstić information content (AvgIpc) is 3.59. The molecule has 11 heteroatoms. The van der Waals surface area contributed by atoms with E-state index in [4.69, 9.17) is 40.5 Å². The van der Waals surface area contributed by atoms with E-state index in [2.05, 4.69) is 35.2 Å². The van der Waals surface area contributed by atoms with Gasteiger partial charge >= 0.3 is 0 Å². The highest BCUT2D eigenvalue weighted by Crippen LogP contribution is 2.28. The van der Waals surface area contributed by atoms with Crippen molar-refractivity contribution in [3.8, 4) is 0 Å². The number of hydrogen-bond acceptors (Lipinski definition) is 8. The maximum Gasteiger partial charge on any atom is 0.224 e. The lowest BCUT2D eigenvalue weighted by molar-refractivity contribution is 0.899. The third-order valence-corrected chi connectivity index (χ3v) is 6.51. The molecule has 0 aliphatic heterocycles. The monoisotopic (exact) mass is 556 g/mol. The number of rotatable bonds is 4. The minimum Gasteiger partial charge on any atom is -0.364 e. The summed E-state index contributed by atoms with van der Waals surface area (Å²) in [5, 5.41) is 4.41. The third-order valence-electron chi connectivity index (χ3n) is 5.86. The highest BCUT2D eigenvalue weighted by molar-refractivity contribution is 6.32. The maximum absolute atomic E-state index is 5.93. The summed E-state index contributed by atoms with van der Waals surface area (Å²) < 4.78 is 0. The minimum absolute atomic E-state index is 0.260. The number of halogens is 3. The lowest BCUT2D eigenvalue weighted by Crippen LogP contribution is -2.07. The number of fused-ring (bicyclic) bond motifs is 2. The van der Waals surface area contributed by atoms with E-state index in [1.54, 1.807) is 12.4 Å². The van der Waals surface area contributed by atoms with Gasteiger partial charge in [0.1, 0.15) is 11.0 Å². The Morgan fingerprint density at radius 2 is 1.30 bits per heavy atom. The van der Waals surface area contributed by atoms with Crippen LogP contribution in [-0.4, -0.2) is 29.9 Å². The summed E-state index contributed by atoms with van der Waals surface area (Å²) in [6.07, 6.45) is 9.76. The van der Waals surface area contributed by atoms with Crippen molar-refractivity contribution in [1.82, 2.24) is 29.9 Å². The summed E-state index contributed by atoms with van der Waals surface area (Å²) in [5.74, 6) is 0.855. The number of hydrogen-bond donors (Lipinski definition) is 2. The van der Waals surface area contributed by atoms with Gasteiger partial charge in [0.15, 0.2) is 0 Å². The molecule has 0 bridgehead atoms. The number of nitrogens with two attached hydrogens (primary N) is 1. The smallest absolute Gasteiger partial charge is 0.224 e. The summed E-state index contributed by atoms with van der Waals surface area (Å²) in [6.45, 7) is 1.18. The van der Waals surface area contributed by atoms with Crippen molar-refractivity contribution in [3.05, 3.63) is 98.4 Å². The molecule has 0 spiro atoms. The fourth-order valence-electron chi connectivity index (χ4n) is 4.10. The van der Waals surface area contributed by atoms with Gasteiger partial charge in [-0.15, -0.1) is 0 Å². The Hall–Kier alpha value is -2.91. The van der Waals surface area contributed by atoms with Gasteiger partial charge in [-0.05, 0) is 86.0 Å². The van der Waals surface area contributed by atoms with Gasteiger partial charge in [-0.25, -0.2) is 19.9 Å². The van der Waals surface area contributed by atoms with Crippen molar-refractivity contribution in [3.63, 3.8) is 0 Å². The number of nitrogens with one attached hydrogen (secondary N) is 1. The average molecular weight is 558 g/mol. The molecule has 4 heterocycles. The van der Waals surface area contributed by atoms with Crippen LogP contribution in [0.25, 0.3) is 0 Å². The highest BCUT2D eigenvalue weighted by Gasteiger charge is 2.19. The second-order valence-corrected chi connectivity index (χ2v) is 9.42. The van der Waals surface area contributed by atoms with E-state index in [9.17, 15) is 0 Å². The van der Waals surface area contributed by atoms with Crippen molar-refractivity contribution >= 4 is 40.6 Å². The number of nitrogens with zero attached hydrogens (tertiary/aromatic N) is 6. The Bertz CT molecular complexity index is 1310. The predicted octanol–water partition coefficient (Wildman–Crippen LogP) is 5.44. The van der Waals surface area contributed by atoms with Crippen LogP contribution in [0.5, 0.6) is 0 Å². The second-order valence-electron chi connectivity index (χ2n) is 8.38. The van der Waals surface area contributed by atoms with Gasteiger partial charge in [-0.1, -0.05) is 23.7 Å². The van der Waals surface area contributed by atoms with E-state index in [0.29, 0.717) is 23.5 Å². The SMILES string of the molecule is Clc1nc(Cl)c2c(n1)CCC2.Clc1nc2c(c(NCc3ccccn3)n1)CCC2.NCc1ccccn1. The van der Waals surface area contributed by atoms with E-state index in [-0.39, 0.29) is 5.28 Å². The molecule has 2 aliphatic rings. The minimum atomic E-state index is 0.260. The van der Waals surface area contributed by atoms with Crippen molar-refractivity contribution in [2.45, 2.75) is 51.6 Å². The summed E-state index contributed by atoms with van der Waals surface area (Å²) in [5.41, 5.74) is 11.6. The number of aromatic nitrogens is 6. The molecule has 192 valence electrons. The zero-order chi connectivity index (χ0) is 26.0. The summed E-state index contributed by atoms with van der Waals surface area (Å²) >= 11 is 17.4. The van der Waals surface area contributed by atoms with E-state index in [0.717, 1.165) is 72.7 Å². The molecule has 4 aromatic heterocycles. The molecule has 0 saturated carbocycles. The van der Waals surface area contributed by atoms with Crippen LogP contribution < -0.4 is 11.1 Å². The van der Waals surface area contributed by atoms with Gasteiger partial charge in [-0.2, -0.15) is 0 Å². The predicted molar refractivity (Wildman–Crippen MR) is 147 cm³/mol. The van der Waals surface area contributed by atoms with Crippen molar-refractivity contribution in [2.24, 2.45) is 5.73 Å². The third kappa shape index (κ3) is 7.79.